The number of rotatable bonds is 12. The van der Waals surface area contributed by atoms with Crippen molar-refractivity contribution in [2.24, 2.45) is 0 Å². The third-order valence-electron chi connectivity index (χ3n) is 6.73. The van der Waals surface area contributed by atoms with Crippen molar-refractivity contribution in [2.75, 3.05) is 10.8 Å². The van der Waals surface area contributed by atoms with E-state index < -0.39 is 34.3 Å². The number of benzene rings is 3. The lowest BCUT2D eigenvalue weighted by Crippen LogP contribution is -2.53. The first-order chi connectivity index (χ1) is 19.4. The summed E-state index contributed by atoms with van der Waals surface area (Å²) in [5, 5.41) is 3.25. The molecule has 0 saturated carbocycles. The van der Waals surface area contributed by atoms with E-state index in [0.717, 1.165) is 9.87 Å². The van der Waals surface area contributed by atoms with Crippen LogP contribution in [0.5, 0.6) is 0 Å². The molecule has 3 aromatic carbocycles. The number of sulfonamides is 1. The van der Waals surface area contributed by atoms with Crippen LogP contribution >= 0.6 is 23.2 Å². The highest BCUT2D eigenvalue weighted by atomic mass is 35.5. The molecule has 0 saturated heterocycles. The van der Waals surface area contributed by atoms with Crippen molar-refractivity contribution in [2.45, 2.75) is 64.1 Å². The van der Waals surface area contributed by atoms with E-state index in [0.29, 0.717) is 12.0 Å². The van der Waals surface area contributed by atoms with Gasteiger partial charge in [-0.25, -0.2) is 12.8 Å². The van der Waals surface area contributed by atoms with E-state index in [1.807, 2.05) is 20.8 Å². The molecule has 0 unspecified atom stereocenters. The van der Waals surface area contributed by atoms with Crippen LogP contribution in [0.1, 0.15) is 44.7 Å². The zero-order valence-corrected chi connectivity index (χ0v) is 25.7. The van der Waals surface area contributed by atoms with Gasteiger partial charge in [0, 0.05) is 12.6 Å². The first-order valence-corrected chi connectivity index (χ1v) is 15.5. The molecule has 0 aromatic heterocycles. The zero-order chi connectivity index (χ0) is 30.3. The Bertz CT molecular complexity index is 1470. The lowest BCUT2D eigenvalue weighted by molar-refractivity contribution is -0.140. The second kappa shape index (κ2) is 14.2. The molecule has 7 nitrogen and oxygen atoms in total. The van der Waals surface area contributed by atoms with Crippen LogP contribution in [0.2, 0.25) is 10.0 Å². The van der Waals surface area contributed by atoms with E-state index in [4.69, 9.17) is 23.2 Å². The fourth-order valence-corrected chi connectivity index (χ4v) is 5.85. The van der Waals surface area contributed by atoms with Crippen LogP contribution in [-0.2, 0) is 26.2 Å². The standard InChI is InChI=1S/C30H34Cl2FN3O4S/c1-5-21(4)34-30(38)28(6-2)35(18-22-9-11-23(33)12-10-22)29(37)19-36(24-13-16-26(31)27(32)17-24)41(39,40)25-14-7-20(3)8-15-25/h7-17,21,28H,5-6,18-19H2,1-4H3,(H,34,38)/t21-,28+/m1/s1. The molecule has 3 rings (SSSR count). The maximum Gasteiger partial charge on any atom is 0.264 e. The quantitative estimate of drug-likeness (QED) is 0.255. The summed E-state index contributed by atoms with van der Waals surface area (Å²) in [4.78, 5) is 28.7. The smallest absolute Gasteiger partial charge is 0.264 e. The number of carbonyl (C=O) groups is 2. The van der Waals surface area contributed by atoms with Crippen LogP contribution < -0.4 is 9.62 Å². The number of nitrogens with zero attached hydrogens (tertiary/aromatic N) is 2. The van der Waals surface area contributed by atoms with Gasteiger partial charge in [0.2, 0.25) is 11.8 Å². The third kappa shape index (κ3) is 8.21. The minimum Gasteiger partial charge on any atom is -0.352 e. The molecule has 0 aliphatic rings. The molecule has 0 aliphatic carbocycles. The molecule has 220 valence electrons. The molecular weight excluding hydrogens is 588 g/mol. The highest BCUT2D eigenvalue weighted by Crippen LogP contribution is 2.31. The summed E-state index contributed by atoms with van der Waals surface area (Å²) in [6.45, 7) is 6.73. The molecule has 0 spiro atoms. The predicted molar refractivity (Wildman–Crippen MR) is 161 cm³/mol. The Labute approximate surface area is 251 Å². The largest absolute Gasteiger partial charge is 0.352 e. The van der Waals surface area contributed by atoms with Crippen molar-refractivity contribution in [1.82, 2.24) is 10.2 Å². The number of amides is 2. The molecule has 0 bridgehead atoms. The number of hydrogen-bond donors (Lipinski definition) is 1. The first kappa shape index (κ1) is 32.4. The fourth-order valence-electron chi connectivity index (χ4n) is 4.15. The maximum absolute atomic E-state index is 14.0. The van der Waals surface area contributed by atoms with Gasteiger partial charge in [-0.15, -0.1) is 0 Å². The van der Waals surface area contributed by atoms with E-state index in [1.54, 1.807) is 19.1 Å². The van der Waals surface area contributed by atoms with E-state index in [-0.39, 0.29) is 45.5 Å². The minimum atomic E-state index is -4.25. The summed E-state index contributed by atoms with van der Waals surface area (Å²) in [6.07, 6.45) is 0.959. The fraction of sp³-hybridized carbons (Fsp3) is 0.333. The van der Waals surface area contributed by atoms with Crippen molar-refractivity contribution in [3.05, 3.63) is 93.7 Å². The second-order valence-electron chi connectivity index (χ2n) is 9.81. The summed E-state index contributed by atoms with van der Waals surface area (Å²) in [6, 6.07) is 15.1. The Morgan fingerprint density at radius 1 is 0.927 bits per heavy atom. The number of anilines is 1. The van der Waals surface area contributed by atoms with Gasteiger partial charge in [-0.2, -0.15) is 0 Å². The molecule has 2 amide bonds. The molecule has 0 fully saturated rings. The van der Waals surface area contributed by atoms with Gasteiger partial charge in [-0.3, -0.25) is 13.9 Å². The number of hydrogen-bond acceptors (Lipinski definition) is 4. The third-order valence-corrected chi connectivity index (χ3v) is 9.26. The van der Waals surface area contributed by atoms with Crippen molar-refractivity contribution >= 4 is 50.7 Å². The van der Waals surface area contributed by atoms with Gasteiger partial charge < -0.3 is 10.2 Å². The normalized spacial score (nSPS) is 12.9. The van der Waals surface area contributed by atoms with E-state index in [1.165, 1.54) is 59.5 Å². The summed E-state index contributed by atoms with van der Waals surface area (Å²) < 4.78 is 42.4. The predicted octanol–water partition coefficient (Wildman–Crippen LogP) is 6.36. The Balaban J connectivity index is 2.08. The molecule has 41 heavy (non-hydrogen) atoms. The second-order valence-corrected chi connectivity index (χ2v) is 12.5. The molecule has 0 heterocycles. The Kier molecular flexibility index (Phi) is 11.2. The number of nitrogens with one attached hydrogen (secondary N) is 1. The van der Waals surface area contributed by atoms with Crippen molar-refractivity contribution < 1.29 is 22.4 Å². The Hall–Kier alpha value is -3.14. The molecule has 3 aromatic rings. The molecule has 1 N–H and O–H groups in total. The SMILES string of the molecule is CC[C@@H](C)NC(=O)[C@H](CC)N(Cc1ccc(F)cc1)C(=O)CN(c1ccc(Cl)c(Cl)c1)S(=O)(=O)c1ccc(C)cc1. The lowest BCUT2D eigenvalue weighted by Gasteiger charge is -2.33. The summed E-state index contributed by atoms with van der Waals surface area (Å²) in [5.41, 5.74) is 1.58. The minimum absolute atomic E-state index is 0.0198. The van der Waals surface area contributed by atoms with Gasteiger partial charge in [0.15, 0.2) is 0 Å². The number of carbonyl (C=O) groups excluding carboxylic acids is 2. The summed E-state index contributed by atoms with van der Waals surface area (Å²) >= 11 is 12.3. The number of halogens is 3. The lowest BCUT2D eigenvalue weighted by atomic mass is 10.1. The monoisotopic (exact) mass is 621 g/mol. The van der Waals surface area contributed by atoms with Crippen LogP contribution in [0.25, 0.3) is 0 Å². The van der Waals surface area contributed by atoms with Crippen LogP contribution in [-0.4, -0.2) is 43.8 Å². The van der Waals surface area contributed by atoms with Gasteiger partial charge in [0.05, 0.1) is 20.6 Å². The van der Waals surface area contributed by atoms with Crippen molar-refractivity contribution in [3.8, 4) is 0 Å². The Morgan fingerprint density at radius 3 is 2.12 bits per heavy atom. The van der Waals surface area contributed by atoms with Crippen LogP contribution in [0.3, 0.4) is 0 Å². The average molecular weight is 623 g/mol. The van der Waals surface area contributed by atoms with Crippen molar-refractivity contribution in [1.29, 1.82) is 0 Å². The highest BCUT2D eigenvalue weighted by Gasteiger charge is 2.34. The summed E-state index contributed by atoms with van der Waals surface area (Å²) in [5.74, 6) is -1.43. The van der Waals surface area contributed by atoms with Gasteiger partial charge >= 0.3 is 0 Å². The maximum atomic E-state index is 14.0. The highest BCUT2D eigenvalue weighted by molar-refractivity contribution is 7.92. The summed E-state index contributed by atoms with van der Waals surface area (Å²) in [7, 11) is -4.25. The van der Waals surface area contributed by atoms with Gasteiger partial charge in [-0.1, -0.05) is 66.9 Å². The van der Waals surface area contributed by atoms with E-state index >= 15 is 0 Å². The van der Waals surface area contributed by atoms with E-state index in [2.05, 4.69) is 5.32 Å². The number of aryl methyl sites for hydroxylation is 1. The van der Waals surface area contributed by atoms with Crippen LogP contribution in [0.15, 0.2) is 71.6 Å². The first-order valence-electron chi connectivity index (χ1n) is 13.3. The molecular formula is C30H34Cl2FN3O4S. The van der Waals surface area contributed by atoms with Crippen molar-refractivity contribution in [3.63, 3.8) is 0 Å². The Morgan fingerprint density at radius 2 is 1.56 bits per heavy atom. The molecule has 0 radical (unpaired) electrons. The van der Waals surface area contributed by atoms with Crippen LogP contribution in [0.4, 0.5) is 10.1 Å². The molecule has 11 heteroatoms. The molecule has 2 atom stereocenters. The zero-order valence-electron chi connectivity index (χ0n) is 23.4. The van der Waals surface area contributed by atoms with Crippen LogP contribution in [0, 0.1) is 12.7 Å². The topological polar surface area (TPSA) is 86.8 Å². The van der Waals surface area contributed by atoms with Gasteiger partial charge in [0.1, 0.15) is 18.4 Å². The molecule has 0 aliphatic heterocycles. The van der Waals surface area contributed by atoms with Gasteiger partial charge in [0.25, 0.3) is 10.0 Å². The van der Waals surface area contributed by atoms with E-state index in [9.17, 15) is 22.4 Å². The van der Waals surface area contributed by atoms with Gasteiger partial charge in [-0.05, 0) is 74.7 Å². The average Bonchev–Trinajstić information content (AvgIpc) is 2.94.